The van der Waals surface area contributed by atoms with Gasteiger partial charge >= 0.3 is 0 Å². The first-order valence-electron chi connectivity index (χ1n) is 7.31. The highest BCUT2D eigenvalue weighted by molar-refractivity contribution is 5.94. The zero-order chi connectivity index (χ0) is 17.0. The number of anilines is 1. The lowest BCUT2D eigenvalue weighted by Crippen LogP contribution is -2.38. The van der Waals surface area contributed by atoms with Crippen molar-refractivity contribution in [1.29, 1.82) is 5.26 Å². The number of nitrogens with one attached hydrogen (secondary N) is 1. The van der Waals surface area contributed by atoms with Gasteiger partial charge in [-0.1, -0.05) is 6.07 Å². The second-order valence-electron chi connectivity index (χ2n) is 6.12. The van der Waals surface area contributed by atoms with Crippen LogP contribution in [-0.2, 0) is 11.3 Å². The fourth-order valence-electron chi connectivity index (χ4n) is 2.22. The molecule has 0 unspecified atom stereocenters. The van der Waals surface area contributed by atoms with E-state index in [1.807, 2.05) is 19.1 Å². The van der Waals surface area contributed by atoms with Crippen LogP contribution in [0.4, 0.5) is 5.69 Å². The number of nitriles is 1. The second kappa shape index (κ2) is 6.49. The number of carbonyl (C=O) groups excluding carboxylic acids is 1. The molecule has 1 aromatic carbocycles. The predicted molar refractivity (Wildman–Crippen MR) is 89.0 cm³/mol. The van der Waals surface area contributed by atoms with E-state index in [2.05, 4.69) is 5.32 Å². The smallest absolute Gasteiger partial charge is 0.250 e. The van der Waals surface area contributed by atoms with Gasteiger partial charge in [0.1, 0.15) is 0 Å². The van der Waals surface area contributed by atoms with E-state index in [-0.39, 0.29) is 11.5 Å². The first-order valence-corrected chi connectivity index (χ1v) is 7.31. The van der Waals surface area contributed by atoms with Crippen LogP contribution >= 0.6 is 0 Å². The summed E-state index contributed by atoms with van der Waals surface area (Å²) in [6, 6.07) is 13.7. The molecule has 2 aromatic rings. The van der Waals surface area contributed by atoms with Gasteiger partial charge in [-0.2, -0.15) is 5.26 Å². The Labute approximate surface area is 135 Å². The molecule has 0 saturated carbocycles. The summed E-state index contributed by atoms with van der Waals surface area (Å²) in [4.78, 5) is 24.5. The molecule has 118 valence electrons. The Balaban J connectivity index is 2.16. The van der Waals surface area contributed by atoms with Crippen LogP contribution in [0.25, 0.3) is 0 Å². The summed E-state index contributed by atoms with van der Waals surface area (Å²) in [5, 5.41) is 11.6. The quantitative estimate of drug-likeness (QED) is 0.943. The Morgan fingerprint density at radius 2 is 1.87 bits per heavy atom. The molecule has 5 heteroatoms. The zero-order valence-corrected chi connectivity index (χ0v) is 13.5. The highest BCUT2D eigenvalue weighted by atomic mass is 16.2. The minimum atomic E-state index is -0.760. The van der Waals surface area contributed by atoms with Gasteiger partial charge in [-0.25, -0.2) is 0 Å². The van der Waals surface area contributed by atoms with Gasteiger partial charge in [-0.05, 0) is 51.1 Å². The van der Waals surface area contributed by atoms with Gasteiger partial charge in [0.05, 0.1) is 17.0 Å². The van der Waals surface area contributed by atoms with Gasteiger partial charge in [0, 0.05) is 24.0 Å². The lowest BCUT2D eigenvalue weighted by Gasteiger charge is -2.25. The molecule has 0 fully saturated rings. The number of amides is 1. The molecule has 23 heavy (non-hydrogen) atoms. The molecule has 1 heterocycles. The topological polar surface area (TPSA) is 74.9 Å². The van der Waals surface area contributed by atoms with Gasteiger partial charge in [0.2, 0.25) is 5.91 Å². The minimum absolute atomic E-state index is 0.121. The number of aromatic nitrogens is 1. The molecule has 2 rings (SSSR count). The van der Waals surface area contributed by atoms with Crippen LogP contribution in [0.3, 0.4) is 0 Å². The third-order valence-electron chi connectivity index (χ3n) is 3.71. The standard InChI is InChI=1S/C18H19N3O2/c1-13-5-4-6-16(22)21(13)12-18(2,3)17(23)20-15-9-7-14(11-19)8-10-15/h4-10H,12H2,1-3H3,(H,20,23). The molecule has 0 aliphatic heterocycles. The SMILES string of the molecule is Cc1cccc(=O)n1CC(C)(C)C(=O)Nc1ccc(C#N)cc1. The minimum Gasteiger partial charge on any atom is -0.326 e. The summed E-state index contributed by atoms with van der Waals surface area (Å²) in [6.07, 6.45) is 0. The van der Waals surface area contributed by atoms with E-state index < -0.39 is 5.41 Å². The Morgan fingerprint density at radius 3 is 2.43 bits per heavy atom. The maximum atomic E-state index is 12.5. The molecule has 0 spiro atoms. The van der Waals surface area contributed by atoms with Gasteiger partial charge in [0.25, 0.3) is 5.56 Å². The van der Waals surface area contributed by atoms with E-state index >= 15 is 0 Å². The van der Waals surface area contributed by atoms with Gasteiger partial charge in [-0.15, -0.1) is 0 Å². The first-order chi connectivity index (χ1) is 10.8. The lowest BCUT2D eigenvalue weighted by atomic mass is 9.91. The second-order valence-corrected chi connectivity index (χ2v) is 6.12. The van der Waals surface area contributed by atoms with E-state index in [9.17, 15) is 9.59 Å². The van der Waals surface area contributed by atoms with Gasteiger partial charge in [0.15, 0.2) is 0 Å². The van der Waals surface area contributed by atoms with Crippen molar-refractivity contribution in [3.05, 3.63) is 64.1 Å². The Morgan fingerprint density at radius 1 is 1.22 bits per heavy atom. The summed E-state index contributed by atoms with van der Waals surface area (Å²) < 4.78 is 1.60. The molecular weight excluding hydrogens is 290 g/mol. The number of carbonyl (C=O) groups is 1. The van der Waals surface area contributed by atoms with Crippen LogP contribution < -0.4 is 10.9 Å². The van der Waals surface area contributed by atoms with Crippen molar-refractivity contribution in [2.45, 2.75) is 27.3 Å². The predicted octanol–water partition coefficient (Wildman–Crippen LogP) is 2.69. The molecule has 0 aliphatic carbocycles. The molecule has 0 radical (unpaired) electrons. The van der Waals surface area contributed by atoms with Crippen LogP contribution in [-0.4, -0.2) is 10.5 Å². The van der Waals surface area contributed by atoms with Crippen molar-refractivity contribution < 1.29 is 4.79 Å². The van der Waals surface area contributed by atoms with Crippen molar-refractivity contribution in [2.75, 3.05) is 5.32 Å². The normalized spacial score (nSPS) is 10.9. The van der Waals surface area contributed by atoms with E-state index in [1.165, 1.54) is 6.07 Å². The number of aryl methyl sites for hydroxylation is 1. The molecule has 0 bridgehead atoms. The van der Waals surface area contributed by atoms with Crippen LogP contribution in [0.1, 0.15) is 25.1 Å². The number of pyridine rings is 1. The molecule has 1 N–H and O–H groups in total. The van der Waals surface area contributed by atoms with Gasteiger partial charge < -0.3 is 9.88 Å². The van der Waals surface area contributed by atoms with Crippen molar-refractivity contribution in [1.82, 2.24) is 4.57 Å². The molecule has 0 atom stereocenters. The van der Waals surface area contributed by atoms with Crippen LogP contribution in [0.2, 0.25) is 0 Å². The Kier molecular flexibility index (Phi) is 4.65. The molecule has 5 nitrogen and oxygen atoms in total. The van der Waals surface area contributed by atoms with Crippen molar-refractivity contribution in [3.8, 4) is 6.07 Å². The zero-order valence-electron chi connectivity index (χ0n) is 13.5. The van der Waals surface area contributed by atoms with Crippen molar-refractivity contribution in [2.24, 2.45) is 5.41 Å². The maximum Gasteiger partial charge on any atom is 0.250 e. The van der Waals surface area contributed by atoms with Gasteiger partial charge in [-0.3, -0.25) is 9.59 Å². The van der Waals surface area contributed by atoms with E-state index in [0.717, 1.165) is 5.69 Å². The highest BCUT2D eigenvalue weighted by Gasteiger charge is 2.29. The largest absolute Gasteiger partial charge is 0.326 e. The average molecular weight is 309 g/mol. The molecule has 0 aliphatic rings. The molecule has 1 amide bonds. The molecular formula is C18H19N3O2. The third kappa shape index (κ3) is 3.86. The Bertz CT molecular complexity index is 811. The van der Waals surface area contributed by atoms with E-state index in [1.54, 1.807) is 48.7 Å². The summed E-state index contributed by atoms with van der Waals surface area (Å²) in [7, 11) is 0. The van der Waals surface area contributed by atoms with E-state index in [0.29, 0.717) is 17.8 Å². The van der Waals surface area contributed by atoms with E-state index in [4.69, 9.17) is 5.26 Å². The molecule has 0 saturated heterocycles. The molecule has 1 aromatic heterocycles. The summed E-state index contributed by atoms with van der Waals surface area (Å²) in [5.74, 6) is -0.183. The monoisotopic (exact) mass is 309 g/mol. The van der Waals surface area contributed by atoms with Crippen molar-refractivity contribution >= 4 is 11.6 Å². The third-order valence-corrected chi connectivity index (χ3v) is 3.71. The first kappa shape index (κ1) is 16.5. The fraction of sp³-hybridized carbons (Fsp3) is 0.278. The highest BCUT2D eigenvalue weighted by Crippen LogP contribution is 2.21. The number of benzene rings is 1. The fourth-order valence-corrected chi connectivity index (χ4v) is 2.22. The Hall–Kier alpha value is -2.87. The maximum absolute atomic E-state index is 12.5. The number of rotatable bonds is 4. The number of nitrogens with zero attached hydrogens (tertiary/aromatic N) is 2. The summed E-state index contributed by atoms with van der Waals surface area (Å²) in [6.45, 7) is 5.73. The van der Waals surface area contributed by atoms with Crippen LogP contribution in [0, 0.1) is 23.7 Å². The van der Waals surface area contributed by atoms with Crippen molar-refractivity contribution in [3.63, 3.8) is 0 Å². The summed E-state index contributed by atoms with van der Waals surface area (Å²) >= 11 is 0. The lowest BCUT2D eigenvalue weighted by molar-refractivity contribution is -0.124. The van der Waals surface area contributed by atoms with Crippen LogP contribution in [0.15, 0.2) is 47.3 Å². The average Bonchev–Trinajstić information content (AvgIpc) is 2.52. The number of hydrogen-bond acceptors (Lipinski definition) is 3. The number of hydrogen-bond donors (Lipinski definition) is 1. The summed E-state index contributed by atoms with van der Waals surface area (Å²) in [5.41, 5.74) is 1.10. The van der Waals surface area contributed by atoms with Crippen LogP contribution in [0.5, 0.6) is 0 Å².